The lowest BCUT2D eigenvalue weighted by molar-refractivity contribution is 0.0831. The summed E-state index contributed by atoms with van der Waals surface area (Å²) in [4.78, 5) is 13.6. The lowest BCUT2D eigenvalue weighted by atomic mass is 10.00. The second-order valence-corrected chi connectivity index (χ2v) is 12.3. The topological polar surface area (TPSA) is 117 Å². The Bertz CT molecular complexity index is 1220. The molecule has 3 aromatic carbocycles. The molecule has 4 rings (SSSR count). The van der Waals surface area contributed by atoms with E-state index in [0.29, 0.717) is 49.6 Å². The Morgan fingerprint density at radius 1 is 0.976 bits per heavy atom. The minimum Gasteiger partial charge on any atom is -0.390 e. The van der Waals surface area contributed by atoms with E-state index in [4.69, 9.17) is 0 Å². The number of carbonyl (C=O) groups is 1. The third-order valence-electron chi connectivity index (χ3n) is 7.10. The number of anilines is 2. The van der Waals surface area contributed by atoms with E-state index in [-0.39, 0.29) is 18.3 Å². The van der Waals surface area contributed by atoms with Gasteiger partial charge in [-0.15, -0.1) is 23.2 Å². The number of aliphatic hydroxyl groups is 1. The molecule has 8 nitrogen and oxygen atoms in total. The van der Waals surface area contributed by atoms with Crippen LogP contribution in [0.1, 0.15) is 41.3 Å². The van der Waals surface area contributed by atoms with Crippen molar-refractivity contribution in [1.82, 2.24) is 10.6 Å². The number of aliphatic hydroxyl groups excluding tert-OH is 1. The Kier molecular flexibility index (Phi) is 12.8. The fraction of sp³-hybridized carbons (Fsp3) is 0.387. The molecule has 0 spiro atoms. The van der Waals surface area contributed by atoms with Crippen molar-refractivity contribution in [3.63, 3.8) is 0 Å². The van der Waals surface area contributed by atoms with Crippen molar-refractivity contribution in [3.8, 4) is 0 Å². The molecule has 41 heavy (non-hydrogen) atoms. The average molecular weight is 603 g/mol. The van der Waals surface area contributed by atoms with Crippen LogP contribution in [0.25, 0.3) is 0 Å². The van der Waals surface area contributed by atoms with E-state index in [0.717, 1.165) is 30.5 Å². The molecular formula is C31H43ClN4O4S. The molecule has 3 aromatic rings. The van der Waals surface area contributed by atoms with Gasteiger partial charge in [-0.05, 0) is 68.5 Å². The molecule has 1 fully saturated rings. The first-order valence-corrected chi connectivity index (χ1v) is 15.7. The Morgan fingerprint density at radius 3 is 2.32 bits per heavy atom. The fourth-order valence-electron chi connectivity index (χ4n) is 4.97. The van der Waals surface area contributed by atoms with E-state index in [1.165, 1.54) is 5.56 Å². The minimum absolute atomic E-state index is 0. The molecule has 2 atom stereocenters. The van der Waals surface area contributed by atoms with Crippen molar-refractivity contribution >= 4 is 40.5 Å². The maximum atomic E-state index is 13.6. The van der Waals surface area contributed by atoms with Crippen LogP contribution >= 0.6 is 23.2 Å². The highest BCUT2D eigenvalue weighted by atomic mass is 35.5. The molecule has 1 heterocycles. The van der Waals surface area contributed by atoms with Crippen molar-refractivity contribution in [2.45, 2.75) is 44.8 Å². The number of nitrogens with zero attached hydrogens (tertiary/aromatic N) is 1. The number of carbonyl (C=O) groups excluding carboxylic acids is 1. The van der Waals surface area contributed by atoms with Gasteiger partial charge < -0.3 is 21.1 Å². The SMILES string of the molecule is CCNc1cc(C(=O)N[C@@H](Cc2ccccc2)[C@H](O)CNCCc2ccccc2)cc(N2CCCCS2(O)O)c1.Cl. The van der Waals surface area contributed by atoms with Gasteiger partial charge in [-0.25, -0.2) is 0 Å². The first kappa shape index (κ1) is 32.7. The summed E-state index contributed by atoms with van der Waals surface area (Å²) in [5, 5.41) is 20.8. The molecule has 1 aliphatic heterocycles. The van der Waals surface area contributed by atoms with Crippen LogP contribution in [0.4, 0.5) is 11.4 Å². The molecule has 0 aromatic heterocycles. The molecule has 6 N–H and O–H groups in total. The zero-order chi connectivity index (χ0) is 28.4. The first-order chi connectivity index (χ1) is 19.4. The summed E-state index contributed by atoms with van der Waals surface area (Å²) in [6.07, 6.45) is 2.12. The maximum absolute atomic E-state index is 13.6. The average Bonchev–Trinajstić information content (AvgIpc) is 2.95. The highest BCUT2D eigenvalue weighted by Crippen LogP contribution is 2.50. The summed E-state index contributed by atoms with van der Waals surface area (Å²) < 4.78 is 23.0. The summed E-state index contributed by atoms with van der Waals surface area (Å²) in [6, 6.07) is 24.8. The van der Waals surface area contributed by atoms with E-state index in [1.54, 1.807) is 16.4 Å². The summed E-state index contributed by atoms with van der Waals surface area (Å²) in [6.45, 7) is 4.19. The van der Waals surface area contributed by atoms with Gasteiger partial charge in [0.2, 0.25) is 0 Å². The van der Waals surface area contributed by atoms with Gasteiger partial charge in [-0.1, -0.05) is 60.7 Å². The molecule has 0 saturated carbocycles. The van der Waals surface area contributed by atoms with E-state index in [9.17, 15) is 19.0 Å². The van der Waals surface area contributed by atoms with Crippen molar-refractivity contribution in [2.24, 2.45) is 0 Å². The Morgan fingerprint density at radius 2 is 1.66 bits per heavy atom. The molecule has 0 bridgehead atoms. The van der Waals surface area contributed by atoms with Crippen LogP contribution in [0.2, 0.25) is 0 Å². The second-order valence-electron chi connectivity index (χ2n) is 10.2. The van der Waals surface area contributed by atoms with Crippen LogP contribution in [0.3, 0.4) is 0 Å². The summed E-state index contributed by atoms with van der Waals surface area (Å²) in [5.74, 6) is 0.00141. The summed E-state index contributed by atoms with van der Waals surface area (Å²) >= 11 is 0. The summed E-state index contributed by atoms with van der Waals surface area (Å²) in [7, 11) is -2.94. The van der Waals surface area contributed by atoms with Crippen molar-refractivity contribution in [3.05, 3.63) is 95.6 Å². The van der Waals surface area contributed by atoms with Crippen LogP contribution in [0.15, 0.2) is 78.9 Å². The van der Waals surface area contributed by atoms with Crippen molar-refractivity contribution in [1.29, 1.82) is 0 Å². The number of hydrogen-bond acceptors (Lipinski definition) is 7. The maximum Gasteiger partial charge on any atom is 0.251 e. The zero-order valence-corrected chi connectivity index (χ0v) is 25.2. The van der Waals surface area contributed by atoms with Crippen LogP contribution in [0, 0.1) is 0 Å². The third kappa shape index (κ3) is 9.63. The summed E-state index contributed by atoms with van der Waals surface area (Å²) in [5.41, 5.74) is 3.97. The van der Waals surface area contributed by atoms with Gasteiger partial charge in [0.25, 0.3) is 5.91 Å². The fourth-order valence-corrected chi connectivity index (χ4v) is 6.65. The van der Waals surface area contributed by atoms with Crippen molar-refractivity contribution < 1.29 is 19.0 Å². The normalized spacial score (nSPS) is 16.6. The smallest absolute Gasteiger partial charge is 0.251 e. The third-order valence-corrected chi connectivity index (χ3v) is 9.03. The van der Waals surface area contributed by atoms with E-state index >= 15 is 0 Å². The van der Waals surface area contributed by atoms with Gasteiger partial charge in [0.05, 0.1) is 23.6 Å². The molecule has 10 heteroatoms. The molecular weight excluding hydrogens is 560 g/mol. The standard InChI is InChI=1S/C31H42N4O4S.ClH/c1-2-33-27-20-26(21-28(22-27)35-17-9-10-18-40(35,38)39)31(37)34-29(19-25-13-7-4-8-14-25)30(36)23-32-16-15-24-11-5-3-6-12-24;/h3-8,11-14,20-22,29-30,32-33,36,38-39H,2,9-10,15-19,23H2,1H3,(H,34,37);1H/t29-,30+;/m0./s1. The molecule has 1 aliphatic rings. The molecule has 224 valence electrons. The van der Waals surface area contributed by atoms with Gasteiger partial charge >= 0.3 is 0 Å². The van der Waals surface area contributed by atoms with Crippen LogP contribution in [-0.4, -0.2) is 64.2 Å². The van der Waals surface area contributed by atoms with Crippen LogP contribution < -0.4 is 20.3 Å². The van der Waals surface area contributed by atoms with Gasteiger partial charge in [0.15, 0.2) is 0 Å². The number of halogens is 1. The van der Waals surface area contributed by atoms with Gasteiger partial charge in [0.1, 0.15) is 0 Å². The van der Waals surface area contributed by atoms with E-state index in [1.807, 2.05) is 61.5 Å². The van der Waals surface area contributed by atoms with E-state index in [2.05, 4.69) is 28.1 Å². The number of rotatable bonds is 13. The molecule has 0 unspecified atom stereocenters. The largest absolute Gasteiger partial charge is 0.390 e. The second kappa shape index (κ2) is 16.0. The lowest BCUT2D eigenvalue weighted by Crippen LogP contribution is -2.49. The van der Waals surface area contributed by atoms with Crippen LogP contribution in [-0.2, 0) is 12.8 Å². The highest BCUT2D eigenvalue weighted by molar-refractivity contribution is 8.25. The van der Waals surface area contributed by atoms with Gasteiger partial charge in [-0.2, -0.15) is 0 Å². The molecule has 0 aliphatic carbocycles. The quantitative estimate of drug-likeness (QED) is 0.146. The highest BCUT2D eigenvalue weighted by Gasteiger charge is 2.28. The number of amides is 1. The molecule has 1 saturated heterocycles. The molecule has 0 radical (unpaired) electrons. The van der Waals surface area contributed by atoms with E-state index < -0.39 is 22.9 Å². The lowest BCUT2D eigenvalue weighted by Gasteiger charge is -2.47. The zero-order valence-electron chi connectivity index (χ0n) is 23.5. The Balaban J connectivity index is 0.00000462. The predicted molar refractivity (Wildman–Crippen MR) is 173 cm³/mol. The minimum atomic E-state index is -2.94. The van der Waals surface area contributed by atoms with Crippen LogP contribution in [0.5, 0.6) is 0 Å². The van der Waals surface area contributed by atoms with Gasteiger partial charge in [-0.3, -0.25) is 18.2 Å². The number of hydrogen-bond donors (Lipinski definition) is 6. The predicted octanol–water partition coefficient (Wildman–Crippen LogP) is 5.34. The first-order valence-electron chi connectivity index (χ1n) is 14.1. The molecule has 1 amide bonds. The number of benzene rings is 3. The monoisotopic (exact) mass is 602 g/mol. The van der Waals surface area contributed by atoms with Crippen molar-refractivity contribution in [2.75, 3.05) is 41.6 Å². The number of nitrogens with one attached hydrogen (secondary N) is 3. The Labute approximate surface area is 251 Å². The Hall–Kier alpha value is -2.79. The van der Waals surface area contributed by atoms with Gasteiger partial charge in [0, 0.05) is 30.9 Å².